The van der Waals surface area contributed by atoms with Crippen LogP contribution in [0.2, 0.25) is 0 Å². The van der Waals surface area contributed by atoms with Crippen LogP contribution >= 0.6 is 0 Å². The molecule has 1 aromatic rings. The monoisotopic (exact) mass is 207 g/mol. The number of hydrogen-bond acceptors (Lipinski definition) is 3. The molecule has 0 aromatic carbocycles. The van der Waals surface area contributed by atoms with E-state index in [1.165, 1.54) is 7.05 Å². The first-order chi connectivity index (χ1) is 7.15. The molecule has 5 heteroatoms. The van der Waals surface area contributed by atoms with E-state index in [4.69, 9.17) is 0 Å². The van der Waals surface area contributed by atoms with Gasteiger partial charge in [0.25, 0.3) is 5.91 Å². The van der Waals surface area contributed by atoms with Crippen LogP contribution in [0.25, 0.3) is 0 Å². The lowest BCUT2D eigenvalue weighted by atomic mass is 10.2. The molecule has 0 saturated carbocycles. The van der Waals surface area contributed by atoms with Crippen LogP contribution in [0.3, 0.4) is 0 Å². The highest BCUT2D eigenvalue weighted by Gasteiger charge is 2.09. The van der Waals surface area contributed by atoms with Crippen molar-refractivity contribution in [2.24, 2.45) is 0 Å². The largest absolute Gasteiger partial charge is 0.358 e. The van der Waals surface area contributed by atoms with E-state index in [1.54, 1.807) is 25.3 Å². The number of amides is 2. The summed E-state index contributed by atoms with van der Waals surface area (Å²) in [6, 6.07) is 3.35. The van der Waals surface area contributed by atoms with Gasteiger partial charge in [-0.15, -0.1) is 0 Å². The SMILES string of the molecule is CNC(=O)CNC(=O)c1cccnc1C. The zero-order chi connectivity index (χ0) is 11.3. The number of rotatable bonds is 3. The van der Waals surface area contributed by atoms with Gasteiger partial charge in [-0.2, -0.15) is 0 Å². The maximum Gasteiger partial charge on any atom is 0.253 e. The number of pyridine rings is 1. The number of hydrogen-bond donors (Lipinski definition) is 2. The van der Waals surface area contributed by atoms with Crippen LogP contribution in [-0.2, 0) is 4.79 Å². The Morgan fingerprint density at radius 1 is 1.47 bits per heavy atom. The van der Waals surface area contributed by atoms with Crippen LogP contribution in [0.4, 0.5) is 0 Å². The van der Waals surface area contributed by atoms with Gasteiger partial charge in [0.05, 0.1) is 12.1 Å². The highest BCUT2D eigenvalue weighted by molar-refractivity contribution is 5.97. The minimum Gasteiger partial charge on any atom is -0.358 e. The van der Waals surface area contributed by atoms with Crippen molar-refractivity contribution >= 4 is 11.8 Å². The highest BCUT2D eigenvalue weighted by atomic mass is 16.2. The fourth-order valence-corrected chi connectivity index (χ4v) is 1.07. The average Bonchev–Trinajstić information content (AvgIpc) is 2.26. The summed E-state index contributed by atoms with van der Waals surface area (Å²) >= 11 is 0. The van der Waals surface area contributed by atoms with Crippen LogP contribution in [0.1, 0.15) is 16.1 Å². The van der Waals surface area contributed by atoms with E-state index in [0.29, 0.717) is 11.3 Å². The van der Waals surface area contributed by atoms with Gasteiger partial charge in [0.15, 0.2) is 0 Å². The van der Waals surface area contributed by atoms with Gasteiger partial charge in [-0.05, 0) is 19.1 Å². The van der Waals surface area contributed by atoms with Crippen molar-refractivity contribution in [1.29, 1.82) is 0 Å². The molecule has 1 rings (SSSR count). The lowest BCUT2D eigenvalue weighted by Crippen LogP contribution is -2.35. The van der Waals surface area contributed by atoms with Crippen molar-refractivity contribution in [2.45, 2.75) is 6.92 Å². The molecule has 80 valence electrons. The summed E-state index contributed by atoms with van der Waals surface area (Å²) in [5.41, 5.74) is 1.13. The first-order valence-electron chi connectivity index (χ1n) is 4.55. The molecule has 0 aliphatic heterocycles. The van der Waals surface area contributed by atoms with Crippen LogP contribution in [-0.4, -0.2) is 30.4 Å². The molecule has 0 aliphatic rings. The van der Waals surface area contributed by atoms with Gasteiger partial charge < -0.3 is 10.6 Å². The molecule has 15 heavy (non-hydrogen) atoms. The predicted octanol–water partition coefficient (Wildman–Crippen LogP) is -0.134. The summed E-state index contributed by atoms with van der Waals surface area (Å²) < 4.78 is 0. The third-order valence-electron chi connectivity index (χ3n) is 1.94. The number of likely N-dealkylation sites (N-methyl/N-ethyl adjacent to an activating group) is 1. The van der Waals surface area contributed by atoms with Crippen molar-refractivity contribution in [3.63, 3.8) is 0 Å². The number of aromatic nitrogens is 1. The molecule has 0 unspecified atom stereocenters. The third-order valence-corrected chi connectivity index (χ3v) is 1.94. The Kier molecular flexibility index (Phi) is 3.79. The molecular formula is C10H13N3O2. The van der Waals surface area contributed by atoms with Crippen LogP contribution in [0.5, 0.6) is 0 Å². The number of carbonyl (C=O) groups is 2. The predicted molar refractivity (Wildman–Crippen MR) is 55.4 cm³/mol. The van der Waals surface area contributed by atoms with Crippen molar-refractivity contribution in [3.8, 4) is 0 Å². The van der Waals surface area contributed by atoms with Gasteiger partial charge in [0.2, 0.25) is 5.91 Å². The third kappa shape index (κ3) is 3.05. The summed E-state index contributed by atoms with van der Waals surface area (Å²) in [6.07, 6.45) is 1.62. The van der Waals surface area contributed by atoms with E-state index < -0.39 is 0 Å². The highest BCUT2D eigenvalue weighted by Crippen LogP contribution is 2.02. The summed E-state index contributed by atoms with van der Waals surface area (Å²) in [6.45, 7) is 1.72. The Morgan fingerprint density at radius 3 is 2.80 bits per heavy atom. The lowest BCUT2D eigenvalue weighted by molar-refractivity contribution is -0.119. The van der Waals surface area contributed by atoms with Gasteiger partial charge in [-0.3, -0.25) is 14.6 Å². The second-order valence-electron chi connectivity index (χ2n) is 2.99. The first kappa shape index (κ1) is 11.2. The van der Waals surface area contributed by atoms with Crippen molar-refractivity contribution in [3.05, 3.63) is 29.6 Å². The number of carbonyl (C=O) groups excluding carboxylic acids is 2. The normalized spacial score (nSPS) is 9.47. The maximum atomic E-state index is 11.6. The van der Waals surface area contributed by atoms with E-state index in [9.17, 15) is 9.59 Å². The zero-order valence-corrected chi connectivity index (χ0v) is 8.70. The molecule has 0 fully saturated rings. The second-order valence-corrected chi connectivity index (χ2v) is 2.99. The van der Waals surface area contributed by atoms with Gasteiger partial charge in [0.1, 0.15) is 0 Å². The molecule has 0 atom stereocenters. The topological polar surface area (TPSA) is 71.1 Å². The fraction of sp³-hybridized carbons (Fsp3) is 0.300. The van der Waals surface area contributed by atoms with Gasteiger partial charge in [-0.1, -0.05) is 0 Å². The molecule has 1 heterocycles. The Labute approximate surface area is 87.9 Å². The van der Waals surface area contributed by atoms with E-state index in [2.05, 4.69) is 15.6 Å². The molecule has 2 amide bonds. The Balaban J connectivity index is 2.62. The molecule has 5 nitrogen and oxygen atoms in total. The van der Waals surface area contributed by atoms with E-state index >= 15 is 0 Å². The summed E-state index contributed by atoms with van der Waals surface area (Å²) in [5.74, 6) is -0.519. The van der Waals surface area contributed by atoms with Crippen molar-refractivity contribution in [2.75, 3.05) is 13.6 Å². The average molecular weight is 207 g/mol. The maximum absolute atomic E-state index is 11.6. The van der Waals surface area contributed by atoms with E-state index in [1.807, 2.05) is 0 Å². The van der Waals surface area contributed by atoms with Crippen molar-refractivity contribution < 1.29 is 9.59 Å². The van der Waals surface area contributed by atoms with E-state index in [-0.39, 0.29) is 18.4 Å². The zero-order valence-electron chi connectivity index (χ0n) is 8.70. The molecule has 0 bridgehead atoms. The molecule has 1 aromatic heterocycles. The molecule has 2 N–H and O–H groups in total. The minimum absolute atomic E-state index is 0.0241. The Bertz CT molecular complexity index is 377. The molecule has 0 radical (unpaired) electrons. The van der Waals surface area contributed by atoms with Gasteiger partial charge in [0, 0.05) is 18.9 Å². The van der Waals surface area contributed by atoms with E-state index in [0.717, 1.165) is 0 Å². The Morgan fingerprint density at radius 2 is 2.20 bits per heavy atom. The minimum atomic E-state index is -0.288. The summed E-state index contributed by atoms with van der Waals surface area (Å²) in [7, 11) is 1.52. The number of aryl methyl sites for hydroxylation is 1. The Hall–Kier alpha value is -1.91. The summed E-state index contributed by atoms with van der Waals surface area (Å²) in [4.78, 5) is 26.4. The number of nitrogens with zero attached hydrogens (tertiary/aromatic N) is 1. The van der Waals surface area contributed by atoms with Crippen LogP contribution in [0.15, 0.2) is 18.3 Å². The van der Waals surface area contributed by atoms with Crippen molar-refractivity contribution in [1.82, 2.24) is 15.6 Å². The molecule has 0 saturated heterocycles. The second kappa shape index (κ2) is 5.09. The van der Waals surface area contributed by atoms with Crippen LogP contribution < -0.4 is 10.6 Å². The molecule has 0 spiro atoms. The standard InChI is InChI=1S/C10H13N3O2/c1-7-8(4-3-5-12-7)10(15)13-6-9(14)11-2/h3-5H,6H2,1-2H3,(H,11,14)(H,13,15). The lowest BCUT2D eigenvalue weighted by Gasteiger charge is -2.05. The first-order valence-corrected chi connectivity index (χ1v) is 4.55. The van der Waals surface area contributed by atoms with Gasteiger partial charge in [-0.25, -0.2) is 0 Å². The summed E-state index contributed by atoms with van der Waals surface area (Å²) in [5, 5.41) is 4.92. The van der Waals surface area contributed by atoms with Gasteiger partial charge >= 0.3 is 0 Å². The molecular weight excluding hydrogens is 194 g/mol. The number of nitrogens with one attached hydrogen (secondary N) is 2. The molecule has 0 aliphatic carbocycles. The van der Waals surface area contributed by atoms with Crippen LogP contribution in [0, 0.1) is 6.92 Å². The fourth-order valence-electron chi connectivity index (χ4n) is 1.07. The quantitative estimate of drug-likeness (QED) is 0.725. The smallest absolute Gasteiger partial charge is 0.253 e.